The van der Waals surface area contributed by atoms with Crippen LogP contribution < -0.4 is 5.73 Å². The van der Waals surface area contributed by atoms with Gasteiger partial charge in [0.2, 0.25) is 0 Å². The third-order valence-corrected chi connectivity index (χ3v) is 2.22. The molecule has 2 nitrogen and oxygen atoms in total. The van der Waals surface area contributed by atoms with Crippen LogP contribution in [0.2, 0.25) is 0 Å². The van der Waals surface area contributed by atoms with E-state index in [1.807, 2.05) is 7.11 Å². The predicted octanol–water partition coefficient (Wildman–Crippen LogP) is 2.59. The molecule has 80 valence electrons. The molecule has 2 N–H and O–H groups in total. The number of methoxy groups -OCH3 is 1. The highest BCUT2D eigenvalue weighted by Crippen LogP contribution is 2.24. The third-order valence-electron chi connectivity index (χ3n) is 2.22. The van der Waals surface area contributed by atoms with Crippen molar-refractivity contribution in [1.82, 2.24) is 0 Å². The van der Waals surface area contributed by atoms with Gasteiger partial charge in [0.25, 0.3) is 0 Å². The molecule has 2 atom stereocenters. The Kier molecular flexibility index (Phi) is 13.6. The van der Waals surface area contributed by atoms with Crippen molar-refractivity contribution in [3.63, 3.8) is 0 Å². The van der Waals surface area contributed by atoms with Crippen LogP contribution in [0.25, 0.3) is 0 Å². The van der Waals surface area contributed by atoms with Gasteiger partial charge in [0.15, 0.2) is 0 Å². The van der Waals surface area contributed by atoms with Crippen molar-refractivity contribution in [3.05, 3.63) is 13.2 Å². The second-order valence-electron chi connectivity index (χ2n) is 3.13. The molecule has 0 spiro atoms. The maximum Gasteiger partial charge on any atom is 0.0573 e. The summed E-state index contributed by atoms with van der Waals surface area (Å²) in [5.74, 6) is 0.892. The minimum absolute atomic E-state index is 0.564. The highest BCUT2D eigenvalue weighted by molar-refractivity contribution is 4.69. The first-order chi connectivity index (χ1) is 6.33. The Balaban J connectivity index is 0. The number of rotatable bonds is 1. The topological polar surface area (TPSA) is 35.2 Å². The van der Waals surface area contributed by atoms with Gasteiger partial charge >= 0.3 is 0 Å². The van der Waals surface area contributed by atoms with Crippen LogP contribution in [0, 0.1) is 5.92 Å². The maximum absolute atomic E-state index is 5.26. The van der Waals surface area contributed by atoms with E-state index in [0.717, 1.165) is 5.92 Å². The van der Waals surface area contributed by atoms with Crippen molar-refractivity contribution >= 4 is 0 Å². The van der Waals surface area contributed by atoms with E-state index < -0.39 is 0 Å². The molecule has 13 heavy (non-hydrogen) atoms. The standard InChI is InChI=1S/C8H16O.C2H4.CH5N/c1-7-4-3-5-8(6-7)9-2;2*1-2/h7-8H,3-6H2,1-2H3;1-2H2;2H2,1H3/t7?,8-;;/m0../s1. The quantitative estimate of drug-likeness (QED) is 0.640. The SMILES string of the molecule is C=C.CN.CO[C@H]1CCCC(C)C1. The van der Waals surface area contributed by atoms with Gasteiger partial charge in [-0.3, -0.25) is 0 Å². The summed E-state index contributed by atoms with van der Waals surface area (Å²) in [6.07, 6.45) is 5.88. The lowest BCUT2D eigenvalue weighted by Crippen LogP contribution is -2.19. The summed E-state index contributed by atoms with van der Waals surface area (Å²) in [6.45, 7) is 8.31. The Morgan fingerprint density at radius 2 is 1.77 bits per heavy atom. The zero-order chi connectivity index (χ0) is 10.7. The number of hydrogen-bond acceptors (Lipinski definition) is 2. The van der Waals surface area contributed by atoms with Gasteiger partial charge < -0.3 is 10.5 Å². The third kappa shape index (κ3) is 8.00. The van der Waals surface area contributed by atoms with Crippen LogP contribution >= 0.6 is 0 Å². The molecule has 0 bridgehead atoms. The Bertz CT molecular complexity index is 96.1. The van der Waals surface area contributed by atoms with Crippen LogP contribution in [0.1, 0.15) is 32.6 Å². The summed E-state index contributed by atoms with van der Waals surface area (Å²) in [5.41, 5.74) is 4.50. The molecule has 0 heterocycles. The molecule has 1 aliphatic carbocycles. The molecule has 1 aliphatic rings. The fourth-order valence-corrected chi connectivity index (χ4v) is 1.59. The first kappa shape index (κ1) is 15.1. The van der Waals surface area contributed by atoms with Crippen molar-refractivity contribution in [2.24, 2.45) is 11.7 Å². The molecule has 0 radical (unpaired) electrons. The Morgan fingerprint density at radius 3 is 2.08 bits per heavy atom. The van der Waals surface area contributed by atoms with Crippen LogP contribution in [0.5, 0.6) is 0 Å². The highest BCUT2D eigenvalue weighted by Gasteiger charge is 2.17. The van der Waals surface area contributed by atoms with Crippen LogP contribution in [0.15, 0.2) is 13.2 Å². The molecule has 1 rings (SSSR count). The van der Waals surface area contributed by atoms with E-state index in [-0.39, 0.29) is 0 Å². The van der Waals surface area contributed by atoms with Crippen LogP contribution in [-0.4, -0.2) is 20.3 Å². The Labute approximate surface area is 83.2 Å². The van der Waals surface area contributed by atoms with Gasteiger partial charge in [0.05, 0.1) is 6.10 Å². The van der Waals surface area contributed by atoms with Crippen LogP contribution in [-0.2, 0) is 4.74 Å². The summed E-state index contributed by atoms with van der Waals surface area (Å²) in [5, 5.41) is 0. The molecule has 0 aromatic heterocycles. The first-order valence-electron chi connectivity index (χ1n) is 4.93. The van der Waals surface area contributed by atoms with E-state index in [9.17, 15) is 0 Å². The lowest BCUT2D eigenvalue weighted by molar-refractivity contribution is 0.0542. The normalized spacial score (nSPS) is 26.2. The number of nitrogens with two attached hydrogens (primary N) is 1. The van der Waals surface area contributed by atoms with Crippen molar-refractivity contribution < 1.29 is 4.74 Å². The molecule has 2 heteroatoms. The van der Waals surface area contributed by atoms with E-state index in [1.165, 1.54) is 32.7 Å². The van der Waals surface area contributed by atoms with E-state index in [2.05, 4.69) is 25.8 Å². The monoisotopic (exact) mass is 187 g/mol. The maximum atomic E-state index is 5.26. The van der Waals surface area contributed by atoms with Crippen molar-refractivity contribution in [3.8, 4) is 0 Å². The lowest BCUT2D eigenvalue weighted by atomic mass is 9.89. The highest BCUT2D eigenvalue weighted by atomic mass is 16.5. The summed E-state index contributed by atoms with van der Waals surface area (Å²) in [4.78, 5) is 0. The van der Waals surface area contributed by atoms with Gasteiger partial charge in [-0.15, -0.1) is 13.2 Å². The summed E-state index contributed by atoms with van der Waals surface area (Å²) >= 11 is 0. The molecular weight excluding hydrogens is 162 g/mol. The first-order valence-corrected chi connectivity index (χ1v) is 4.93. The smallest absolute Gasteiger partial charge is 0.0573 e. The molecule has 1 saturated carbocycles. The summed E-state index contributed by atoms with van der Waals surface area (Å²) < 4.78 is 5.26. The van der Waals surface area contributed by atoms with E-state index >= 15 is 0 Å². The lowest BCUT2D eigenvalue weighted by Gasteiger charge is -2.25. The molecule has 0 saturated heterocycles. The second kappa shape index (κ2) is 11.7. The summed E-state index contributed by atoms with van der Waals surface area (Å²) in [7, 11) is 3.32. The van der Waals surface area contributed by atoms with Crippen molar-refractivity contribution in [1.29, 1.82) is 0 Å². The van der Waals surface area contributed by atoms with E-state index in [1.54, 1.807) is 0 Å². The zero-order valence-electron chi connectivity index (χ0n) is 9.38. The van der Waals surface area contributed by atoms with Gasteiger partial charge in [0, 0.05) is 7.11 Å². The summed E-state index contributed by atoms with van der Waals surface area (Å²) in [6, 6.07) is 0. The average Bonchev–Trinajstić information content (AvgIpc) is 2.24. The second-order valence-corrected chi connectivity index (χ2v) is 3.13. The van der Waals surface area contributed by atoms with Gasteiger partial charge in [0.1, 0.15) is 0 Å². The Morgan fingerprint density at radius 1 is 1.23 bits per heavy atom. The number of ether oxygens (including phenoxy) is 1. The van der Waals surface area contributed by atoms with Gasteiger partial charge in [-0.05, 0) is 25.8 Å². The van der Waals surface area contributed by atoms with Crippen LogP contribution in [0.4, 0.5) is 0 Å². The molecule has 1 unspecified atom stereocenters. The molecule has 0 aromatic carbocycles. The predicted molar refractivity (Wildman–Crippen MR) is 59.8 cm³/mol. The Hall–Kier alpha value is -0.340. The fourth-order valence-electron chi connectivity index (χ4n) is 1.59. The molecule has 1 fully saturated rings. The van der Waals surface area contributed by atoms with E-state index in [0.29, 0.717) is 6.10 Å². The van der Waals surface area contributed by atoms with Crippen LogP contribution in [0.3, 0.4) is 0 Å². The van der Waals surface area contributed by atoms with E-state index in [4.69, 9.17) is 4.74 Å². The zero-order valence-corrected chi connectivity index (χ0v) is 9.38. The number of hydrogen-bond donors (Lipinski definition) is 1. The average molecular weight is 187 g/mol. The molecular formula is C11H25NO. The fraction of sp³-hybridized carbons (Fsp3) is 0.818. The molecule has 0 aliphatic heterocycles. The molecule has 0 amide bonds. The minimum Gasteiger partial charge on any atom is -0.381 e. The van der Waals surface area contributed by atoms with Crippen molar-refractivity contribution in [2.45, 2.75) is 38.7 Å². The van der Waals surface area contributed by atoms with Gasteiger partial charge in [-0.1, -0.05) is 19.8 Å². The minimum atomic E-state index is 0.564. The van der Waals surface area contributed by atoms with Gasteiger partial charge in [-0.25, -0.2) is 0 Å². The van der Waals surface area contributed by atoms with Crippen molar-refractivity contribution in [2.75, 3.05) is 14.2 Å². The molecule has 0 aromatic rings. The largest absolute Gasteiger partial charge is 0.381 e. The van der Waals surface area contributed by atoms with Gasteiger partial charge in [-0.2, -0.15) is 0 Å².